The fraction of sp³-hybridized carbons (Fsp3) is 0.500. The van der Waals surface area contributed by atoms with Gasteiger partial charge >= 0.3 is 0 Å². The number of benzene rings is 1. The third-order valence-corrected chi connectivity index (χ3v) is 3.48. The summed E-state index contributed by atoms with van der Waals surface area (Å²) in [5.74, 6) is 0. The van der Waals surface area contributed by atoms with Crippen LogP contribution in [0.5, 0.6) is 0 Å². The summed E-state index contributed by atoms with van der Waals surface area (Å²) >= 11 is 0. The van der Waals surface area contributed by atoms with E-state index < -0.39 is 0 Å². The topological polar surface area (TPSA) is 55.2 Å². The second-order valence-electron chi connectivity index (χ2n) is 4.42. The molecule has 2 rings (SSSR count). The van der Waals surface area contributed by atoms with E-state index in [0.29, 0.717) is 0 Å². The van der Waals surface area contributed by atoms with E-state index in [-0.39, 0.29) is 16.1 Å². The van der Waals surface area contributed by atoms with Crippen LogP contribution in [0.15, 0.2) is 24.3 Å². The van der Waals surface area contributed by atoms with Gasteiger partial charge in [0, 0.05) is 23.4 Å². The van der Waals surface area contributed by atoms with Crippen molar-refractivity contribution in [3.05, 3.63) is 34.4 Å². The van der Waals surface area contributed by atoms with E-state index in [4.69, 9.17) is 0 Å². The van der Waals surface area contributed by atoms with Crippen molar-refractivity contribution in [2.75, 3.05) is 5.32 Å². The third-order valence-electron chi connectivity index (χ3n) is 3.48. The molecule has 1 aliphatic carbocycles. The number of rotatable bonds is 4. The normalized spacial score (nSPS) is 17.6. The SMILES string of the molecule is CCC1(Nc2ccc([N+](=O)[O-])cc2)CCC1. The molecule has 0 spiro atoms. The largest absolute Gasteiger partial charge is 0.380 e. The van der Waals surface area contributed by atoms with E-state index in [1.54, 1.807) is 24.3 Å². The lowest BCUT2D eigenvalue weighted by Crippen LogP contribution is -2.44. The van der Waals surface area contributed by atoms with Gasteiger partial charge in [-0.2, -0.15) is 0 Å². The molecule has 0 bridgehead atoms. The summed E-state index contributed by atoms with van der Waals surface area (Å²) in [6.45, 7) is 2.18. The van der Waals surface area contributed by atoms with Crippen LogP contribution in [0.2, 0.25) is 0 Å². The highest BCUT2D eigenvalue weighted by Gasteiger charge is 2.34. The van der Waals surface area contributed by atoms with Crippen molar-refractivity contribution in [3.63, 3.8) is 0 Å². The molecule has 1 aromatic carbocycles. The Hall–Kier alpha value is -1.58. The monoisotopic (exact) mass is 220 g/mol. The number of hydrogen-bond acceptors (Lipinski definition) is 3. The molecule has 16 heavy (non-hydrogen) atoms. The van der Waals surface area contributed by atoms with Crippen molar-refractivity contribution >= 4 is 11.4 Å². The first-order valence-electron chi connectivity index (χ1n) is 5.68. The number of nitro groups is 1. The van der Waals surface area contributed by atoms with Crippen LogP contribution < -0.4 is 5.32 Å². The van der Waals surface area contributed by atoms with Gasteiger partial charge in [-0.1, -0.05) is 6.92 Å². The summed E-state index contributed by atoms with van der Waals surface area (Å²) in [5.41, 5.74) is 1.35. The molecular weight excluding hydrogens is 204 g/mol. The predicted octanol–water partition coefficient (Wildman–Crippen LogP) is 3.34. The lowest BCUT2D eigenvalue weighted by atomic mass is 9.74. The molecule has 0 atom stereocenters. The molecule has 0 aliphatic heterocycles. The fourth-order valence-corrected chi connectivity index (χ4v) is 2.14. The van der Waals surface area contributed by atoms with Gasteiger partial charge in [-0.05, 0) is 37.8 Å². The molecule has 0 heterocycles. The quantitative estimate of drug-likeness (QED) is 0.625. The van der Waals surface area contributed by atoms with Gasteiger partial charge in [0.15, 0.2) is 0 Å². The van der Waals surface area contributed by atoms with Crippen LogP contribution >= 0.6 is 0 Å². The van der Waals surface area contributed by atoms with Gasteiger partial charge in [-0.15, -0.1) is 0 Å². The van der Waals surface area contributed by atoms with Crippen molar-refractivity contribution < 1.29 is 4.92 Å². The molecule has 1 saturated carbocycles. The number of anilines is 1. The summed E-state index contributed by atoms with van der Waals surface area (Å²) < 4.78 is 0. The van der Waals surface area contributed by atoms with Crippen molar-refractivity contribution in [3.8, 4) is 0 Å². The molecule has 4 heteroatoms. The van der Waals surface area contributed by atoms with Gasteiger partial charge in [0.25, 0.3) is 5.69 Å². The predicted molar refractivity (Wildman–Crippen MR) is 63.6 cm³/mol. The molecule has 0 unspecified atom stereocenters. The summed E-state index contributed by atoms with van der Waals surface area (Å²) in [6.07, 6.45) is 4.76. The highest BCUT2D eigenvalue weighted by molar-refractivity contribution is 5.50. The van der Waals surface area contributed by atoms with Crippen LogP contribution in [-0.2, 0) is 0 Å². The Balaban J connectivity index is 2.07. The van der Waals surface area contributed by atoms with Crippen molar-refractivity contribution in [2.24, 2.45) is 0 Å². The molecule has 0 aromatic heterocycles. The fourth-order valence-electron chi connectivity index (χ4n) is 2.14. The van der Waals surface area contributed by atoms with Gasteiger partial charge in [-0.3, -0.25) is 10.1 Å². The van der Waals surface area contributed by atoms with E-state index in [0.717, 1.165) is 12.1 Å². The first kappa shape index (κ1) is 10.9. The molecule has 1 fully saturated rings. The lowest BCUT2D eigenvalue weighted by Gasteiger charge is -2.42. The summed E-state index contributed by atoms with van der Waals surface area (Å²) in [4.78, 5) is 10.1. The number of nitro benzene ring substituents is 1. The molecule has 86 valence electrons. The second kappa shape index (κ2) is 4.12. The number of nitrogens with zero attached hydrogens (tertiary/aromatic N) is 1. The minimum atomic E-state index is -0.372. The van der Waals surface area contributed by atoms with Crippen LogP contribution in [0.3, 0.4) is 0 Å². The minimum absolute atomic E-state index is 0.143. The molecule has 0 saturated heterocycles. The highest BCUT2D eigenvalue weighted by Crippen LogP contribution is 2.38. The molecule has 1 N–H and O–H groups in total. The summed E-state index contributed by atoms with van der Waals surface area (Å²) in [5, 5.41) is 14.0. The second-order valence-corrected chi connectivity index (χ2v) is 4.42. The Bertz CT molecular complexity index is 377. The number of hydrogen-bond donors (Lipinski definition) is 1. The number of nitrogens with one attached hydrogen (secondary N) is 1. The van der Waals surface area contributed by atoms with Gasteiger partial charge in [0.05, 0.1) is 4.92 Å². The molecular formula is C12H16N2O2. The average molecular weight is 220 g/mol. The Kier molecular flexibility index (Phi) is 2.81. The Morgan fingerprint density at radius 3 is 2.38 bits per heavy atom. The summed E-state index contributed by atoms with van der Waals surface area (Å²) in [6, 6.07) is 6.66. The van der Waals surface area contributed by atoms with Gasteiger partial charge in [0.1, 0.15) is 0 Å². The Morgan fingerprint density at radius 2 is 2.00 bits per heavy atom. The van der Waals surface area contributed by atoms with Crippen LogP contribution in [0.1, 0.15) is 32.6 Å². The number of non-ortho nitro benzene ring substituents is 1. The third kappa shape index (κ3) is 2.01. The van der Waals surface area contributed by atoms with Crippen molar-refractivity contribution in [1.29, 1.82) is 0 Å². The molecule has 0 radical (unpaired) electrons. The van der Waals surface area contributed by atoms with E-state index in [9.17, 15) is 10.1 Å². The van der Waals surface area contributed by atoms with Crippen LogP contribution in [0.4, 0.5) is 11.4 Å². The van der Waals surface area contributed by atoms with Crippen LogP contribution in [-0.4, -0.2) is 10.5 Å². The Labute approximate surface area is 94.8 Å². The molecule has 4 nitrogen and oxygen atoms in total. The molecule has 1 aromatic rings. The minimum Gasteiger partial charge on any atom is -0.380 e. The first-order chi connectivity index (χ1) is 7.65. The van der Waals surface area contributed by atoms with Gasteiger partial charge < -0.3 is 5.32 Å². The van der Waals surface area contributed by atoms with E-state index in [1.807, 2.05) is 0 Å². The van der Waals surface area contributed by atoms with Gasteiger partial charge in [0.2, 0.25) is 0 Å². The lowest BCUT2D eigenvalue weighted by molar-refractivity contribution is -0.384. The standard InChI is InChI=1S/C12H16N2O2/c1-2-12(8-3-9-12)13-10-4-6-11(7-5-10)14(15)16/h4-7,13H,2-3,8-9H2,1H3. The maximum Gasteiger partial charge on any atom is 0.269 e. The maximum absolute atomic E-state index is 10.5. The zero-order chi connectivity index (χ0) is 11.6. The van der Waals surface area contributed by atoms with E-state index >= 15 is 0 Å². The molecule has 1 aliphatic rings. The average Bonchev–Trinajstić information content (AvgIpc) is 2.24. The van der Waals surface area contributed by atoms with E-state index in [1.165, 1.54) is 19.3 Å². The maximum atomic E-state index is 10.5. The zero-order valence-electron chi connectivity index (χ0n) is 9.40. The zero-order valence-corrected chi connectivity index (χ0v) is 9.40. The van der Waals surface area contributed by atoms with Crippen molar-refractivity contribution in [1.82, 2.24) is 0 Å². The Morgan fingerprint density at radius 1 is 1.38 bits per heavy atom. The van der Waals surface area contributed by atoms with Crippen molar-refractivity contribution in [2.45, 2.75) is 38.1 Å². The molecule has 0 amide bonds. The summed E-state index contributed by atoms with van der Waals surface area (Å²) in [7, 11) is 0. The smallest absolute Gasteiger partial charge is 0.269 e. The first-order valence-corrected chi connectivity index (χ1v) is 5.68. The van der Waals surface area contributed by atoms with E-state index in [2.05, 4.69) is 12.2 Å². The van der Waals surface area contributed by atoms with Crippen LogP contribution in [0.25, 0.3) is 0 Å². The van der Waals surface area contributed by atoms with Crippen LogP contribution in [0, 0.1) is 10.1 Å². The van der Waals surface area contributed by atoms with Gasteiger partial charge in [-0.25, -0.2) is 0 Å². The highest BCUT2D eigenvalue weighted by atomic mass is 16.6.